The largest absolute Gasteiger partial charge is 0.354 e. The molecule has 0 spiro atoms. The predicted octanol–water partition coefficient (Wildman–Crippen LogP) is 3.48. The van der Waals surface area contributed by atoms with Crippen LogP contribution in [0.3, 0.4) is 0 Å². The van der Waals surface area contributed by atoms with Crippen molar-refractivity contribution in [2.75, 3.05) is 19.6 Å². The number of nitrogens with one attached hydrogen (secondary N) is 2. The molecule has 1 aliphatic rings. The van der Waals surface area contributed by atoms with E-state index in [-0.39, 0.29) is 23.6 Å². The molecule has 170 valence electrons. The van der Waals surface area contributed by atoms with E-state index in [1.165, 1.54) is 0 Å². The van der Waals surface area contributed by atoms with Crippen LogP contribution in [0, 0.1) is 19.8 Å². The number of carbonyl (C=O) groups is 3. The molecular formula is C26H33N3O3. The Balaban J connectivity index is 1.66. The molecule has 0 aromatic heterocycles. The van der Waals surface area contributed by atoms with Gasteiger partial charge < -0.3 is 15.5 Å². The smallest absolute Gasteiger partial charge is 0.253 e. The molecule has 1 fully saturated rings. The first kappa shape index (κ1) is 23.5. The number of hydrogen-bond donors (Lipinski definition) is 2. The average molecular weight is 436 g/mol. The Morgan fingerprint density at radius 3 is 1.97 bits per heavy atom. The van der Waals surface area contributed by atoms with Crippen LogP contribution >= 0.6 is 0 Å². The number of amides is 3. The first-order valence-corrected chi connectivity index (χ1v) is 11.4. The van der Waals surface area contributed by atoms with Crippen molar-refractivity contribution in [3.63, 3.8) is 0 Å². The van der Waals surface area contributed by atoms with Crippen molar-refractivity contribution >= 4 is 17.7 Å². The van der Waals surface area contributed by atoms with E-state index < -0.39 is 6.04 Å². The molecule has 6 nitrogen and oxygen atoms in total. The van der Waals surface area contributed by atoms with Gasteiger partial charge >= 0.3 is 0 Å². The maximum Gasteiger partial charge on any atom is 0.253 e. The zero-order valence-corrected chi connectivity index (χ0v) is 19.2. The molecule has 1 atom stereocenters. The minimum absolute atomic E-state index is 0.0131. The highest BCUT2D eigenvalue weighted by molar-refractivity contribution is 5.97. The number of rotatable bonds is 7. The first-order chi connectivity index (χ1) is 15.4. The molecule has 1 aliphatic heterocycles. The summed E-state index contributed by atoms with van der Waals surface area (Å²) in [7, 11) is 0. The number of benzene rings is 2. The molecule has 2 aromatic rings. The molecule has 32 heavy (non-hydrogen) atoms. The summed E-state index contributed by atoms with van der Waals surface area (Å²) in [6.45, 7) is 7.66. The fourth-order valence-electron chi connectivity index (χ4n) is 4.00. The van der Waals surface area contributed by atoms with Gasteiger partial charge in [-0.1, -0.05) is 42.3 Å². The lowest BCUT2D eigenvalue weighted by molar-refractivity contribution is -0.124. The summed E-state index contributed by atoms with van der Waals surface area (Å²) in [4.78, 5) is 40.4. The third-order valence-corrected chi connectivity index (χ3v) is 6.03. The van der Waals surface area contributed by atoms with Crippen LogP contribution in [0.1, 0.15) is 58.0 Å². The van der Waals surface area contributed by atoms with E-state index in [1.807, 2.05) is 62.1 Å². The van der Waals surface area contributed by atoms with Crippen molar-refractivity contribution in [1.29, 1.82) is 0 Å². The van der Waals surface area contributed by atoms with Gasteiger partial charge in [-0.05, 0) is 63.3 Å². The lowest BCUT2D eigenvalue weighted by atomic mass is 9.88. The van der Waals surface area contributed by atoms with Gasteiger partial charge in [0, 0.05) is 30.8 Å². The van der Waals surface area contributed by atoms with Gasteiger partial charge in [-0.2, -0.15) is 0 Å². The van der Waals surface area contributed by atoms with Crippen LogP contribution in [0.4, 0.5) is 0 Å². The SMILES string of the molecule is CCCNC(=O)[C@H](NC(=O)c1ccc(C)cc1)C1CCN(C(=O)c2ccc(C)cc2)CC1. The second-order valence-corrected chi connectivity index (χ2v) is 8.60. The van der Waals surface area contributed by atoms with Crippen molar-refractivity contribution in [3.05, 3.63) is 70.8 Å². The molecule has 0 radical (unpaired) electrons. The summed E-state index contributed by atoms with van der Waals surface area (Å²) in [5.74, 6) is -0.419. The molecular weight excluding hydrogens is 402 g/mol. The number of aryl methyl sites for hydroxylation is 2. The van der Waals surface area contributed by atoms with Crippen molar-refractivity contribution in [2.24, 2.45) is 5.92 Å². The summed E-state index contributed by atoms with van der Waals surface area (Å²) < 4.78 is 0. The van der Waals surface area contributed by atoms with Gasteiger partial charge in [-0.15, -0.1) is 0 Å². The predicted molar refractivity (Wildman–Crippen MR) is 126 cm³/mol. The Morgan fingerprint density at radius 2 is 1.44 bits per heavy atom. The van der Waals surface area contributed by atoms with Crippen LogP contribution in [0.2, 0.25) is 0 Å². The highest BCUT2D eigenvalue weighted by atomic mass is 16.2. The van der Waals surface area contributed by atoms with Crippen LogP contribution in [-0.2, 0) is 4.79 Å². The van der Waals surface area contributed by atoms with Crippen LogP contribution in [0.15, 0.2) is 48.5 Å². The zero-order valence-electron chi connectivity index (χ0n) is 19.2. The molecule has 3 amide bonds. The monoisotopic (exact) mass is 435 g/mol. The minimum Gasteiger partial charge on any atom is -0.354 e. The Hall–Kier alpha value is -3.15. The number of carbonyl (C=O) groups excluding carboxylic acids is 3. The lowest BCUT2D eigenvalue weighted by Gasteiger charge is -2.36. The van der Waals surface area contributed by atoms with Crippen LogP contribution in [-0.4, -0.2) is 48.3 Å². The van der Waals surface area contributed by atoms with Crippen molar-refractivity contribution in [2.45, 2.75) is 46.1 Å². The summed E-state index contributed by atoms with van der Waals surface area (Å²) >= 11 is 0. The van der Waals surface area contributed by atoms with Gasteiger partial charge in [0.2, 0.25) is 5.91 Å². The van der Waals surface area contributed by atoms with Crippen molar-refractivity contribution < 1.29 is 14.4 Å². The molecule has 3 rings (SSSR count). The lowest BCUT2D eigenvalue weighted by Crippen LogP contribution is -2.54. The molecule has 0 saturated carbocycles. The summed E-state index contributed by atoms with van der Waals surface area (Å²) in [5.41, 5.74) is 3.41. The topological polar surface area (TPSA) is 78.5 Å². The molecule has 0 unspecified atom stereocenters. The number of likely N-dealkylation sites (tertiary alicyclic amines) is 1. The Labute approximate surface area is 190 Å². The van der Waals surface area contributed by atoms with Crippen molar-refractivity contribution in [3.8, 4) is 0 Å². The fourth-order valence-corrected chi connectivity index (χ4v) is 4.00. The number of nitrogens with zero attached hydrogens (tertiary/aromatic N) is 1. The number of piperidine rings is 1. The maximum atomic E-state index is 12.9. The van der Waals surface area contributed by atoms with E-state index in [2.05, 4.69) is 10.6 Å². The molecule has 2 aromatic carbocycles. The summed E-state index contributed by atoms with van der Waals surface area (Å²) in [6.07, 6.45) is 2.15. The Morgan fingerprint density at radius 1 is 0.906 bits per heavy atom. The highest BCUT2D eigenvalue weighted by Crippen LogP contribution is 2.23. The highest BCUT2D eigenvalue weighted by Gasteiger charge is 2.34. The van der Waals surface area contributed by atoms with E-state index in [0.717, 1.165) is 17.5 Å². The maximum absolute atomic E-state index is 12.9. The molecule has 0 aliphatic carbocycles. The third-order valence-electron chi connectivity index (χ3n) is 6.03. The van der Waals surface area contributed by atoms with E-state index in [4.69, 9.17) is 0 Å². The normalized spacial score (nSPS) is 15.2. The quantitative estimate of drug-likeness (QED) is 0.699. The molecule has 1 heterocycles. The van der Waals surface area contributed by atoms with Gasteiger partial charge in [0.25, 0.3) is 11.8 Å². The van der Waals surface area contributed by atoms with E-state index in [1.54, 1.807) is 12.1 Å². The average Bonchev–Trinajstić information content (AvgIpc) is 2.81. The number of hydrogen-bond acceptors (Lipinski definition) is 3. The van der Waals surface area contributed by atoms with E-state index in [9.17, 15) is 14.4 Å². The second kappa shape index (κ2) is 10.9. The van der Waals surface area contributed by atoms with Crippen molar-refractivity contribution in [1.82, 2.24) is 15.5 Å². The summed E-state index contributed by atoms with van der Waals surface area (Å²) in [5, 5.41) is 5.89. The Bertz CT molecular complexity index is 930. The first-order valence-electron chi connectivity index (χ1n) is 11.4. The van der Waals surface area contributed by atoms with Gasteiger partial charge in [-0.3, -0.25) is 14.4 Å². The molecule has 1 saturated heterocycles. The van der Waals surface area contributed by atoms with Crippen LogP contribution < -0.4 is 10.6 Å². The summed E-state index contributed by atoms with van der Waals surface area (Å²) in [6, 6.07) is 14.3. The molecule has 6 heteroatoms. The Kier molecular flexibility index (Phi) is 8.03. The van der Waals surface area contributed by atoms with E-state index in [0.29, 0.717) is 43.6 Å². The zero-order chi connectivity index (χ0) is 23.1. The van der Waals surface area contributed by atoms with Crippen LogP contribution in [0.5, 0.6) is 0 Å². The van der Waals surface area contributed by atoms with Gasteiger partial charge in [-0.25, -0.2) is 0 Å². The third kappa shape index (κ3) is 5.96. The standard InChI is InChI=1S/C26H33N3O3/c1-4-15-27-25(31)23(28-24(30)21-9-5-18(2)6-10-21)20-13-16-29(17-14-20)26(32)22-11-7-19(3)8-12-22/h5-12,20,23H,4,13-17H2,1-3H3,(H,27,31)(H,28,30)/t23-/m1/s1. The van der Waals surface area contributed by atoms with Gasteiger partial charge in [0.1, 0.15) is 6.04 Å². The molecule has 2 N–H and O–H groups in total. The fraction of sp³-hybridized carbons (Fsp3) is 0.423. The van der Waals surface area contributed by atoms with Gasteiger partial charge in [0.05, 0.1) is 0 Å². The minimum atomic E-state index is -0.619. The van der Waals surface area contributed by atoms with E-state index >= 15 is 0 Å². The molecule has 0 bridgehead atoms. The van der Waals surface area contributed by atoms with Gasteiger partial charge in [0.15, 0.2) is 0 Å². The van der Waals surface area contributed by atoms with Crippen LogP contribution in [0.25, 0.3) is 0 Å². The second-order valence-electron chi connectivity index (χ2n) is 8.60.